The maximum Gasteiger partial charge on any atom is 0.241 e. The van der Waals surface area contributed by atoms with Crippen LogP contribution < -0.4 is 11.1 Å². The number of nitrogens with one attached hydrogen (secondary N) is 1. The number of aryl methyl sites for hydroxylation is 1. The molecule has 0 aliphatic carbocycles. The summed E-state index contributed by atoms with van der Waals surface area (Å²) in [7, 11) is 0. The molecule has 0 spiro atoms. The Morgan fingerprint density at radius 2 is 2.18 bits per heavy atom. The molecule has 0 aliphatic heterocycles. The monoisotopic (exact) mass is 238 g/mol. The number of halogens is 1. The van der Waals surface area contributed by atoms with Gasteiger partial charge in [0, 0.05) is 5.69 Å². The quantitative estimate of drug-likeness (QED) is 0.846. The van der Waals surface area contributed by atoms with Crippen molar-refractivity contribution in [3.63, 3.8) is 0 Å². The Morgan fingerprint density at radius 1 is 1.53 bits per heavy atom. The van der Waals surface area contributed by atoms with E-state index in [1.165, 1.54) is 6.07 Å². The zero-order valence-corrected chi connectivity index (χ0v) is 10.5. The molecular weight excluding hydrogens is 219 g/mol. The van der Waals surface area contributed by atoms with Crippen molar-refractivity contribution < 1.29 is 9.18 Å². The van der Waals surface area contributed by atoms with E-state index in [0.717, 1.165) is 6.42 Å². The summed E-state index contributed by atoms with van der Waals surface area (Å²) in [4.78, 5) is 11.8. The molecule has 1 rings (SSSR count). The van der Waals surface area contributed by atoms with Crippen LogP contribution in [0.25, 0.3) is 0 Å². The van der Waals surface area contributed by atoms with E-state index >= 15 is 0 Å². The first-order chi connectivity index (χ1) is 7.95. The van der Waals surface area contributed by atoms with E-state index in [2.05, 4.69) is 5.32 Å². The average molecular weight is 238 g/mol. The number of hydrogen-bond donors (Lipinski definition) is 2. The molecule has 1 amide bonds. The molecule has 3 N–H and O–H groups in total. The topological polar surface area (TPSA) is 55.1 Å². The van der Waals surface area contributed by atoms with Crippen LogP contribution in [0, 0.1) is 18.7 Å². The summed E-state index contributed by atoms with van der Waals surface area (Å²) >= 11 is 0. The van der Waals surface area contributed by atoms with Gasteiger partial charge in [0.2, 0.25) is 5.91 Å². The van der Waals surface area contributed by atoms with Crippen molar-refractivity contribution in [2.75, 3.05) is 5.32 Å². The number of nitrogens with two attached hydrogens (primary N) is 1. The maximum atomic E-state index is 13.3. The first-order valence-electron chi connectivity index (χ1n) is 5.78. The minimum Gasteiger partial charge on any atom is -0.325 e. The van der Waals surface area contributed by atoms with Crippen molar-refractivity contribution in [3.8, 4) is 0 Å². The van der Waals surface area contributed by atoms with E-state index in [-0.39, 0.29) is 17.6 Å². The second kappa shape index (κ2) is 5.77. The first-order valence-corrected chi connectivity index (χ1v) is 5.78. The second-order valence-corrected chi connectivity index (χ2v) is 4.36. The molecule has 94 valence electrons. The van der Waals surface area contributed by atoms with Gasteiger partial charge < -0.3 is 11.1 Å². The van der Waals surface area contributed by atoms with Crippen molar-refractivity contribution >= 4 is 11.6 Å². The number of hydrogen-bond acceptors (Lipinski definition) is 2. The molecule has 0 fully saturated rings. The summed E-state index contributed by atoms with van der Waals surface area (Å²) in [5.74, 6) is -0.507. The van der Waals surface area contributed by atoms with Crippen LogP contribution >= 0.6 is 0 Å². The lowest BCUT2D eigenvalue weighted by Gasteiger charge is -2.17. The fraction of sp³-hybridized carbons (Fsp3) is 0.462. The molecule has 4 heteroatoms. The fourth-order valence-electron chi connectivity index (χ4n) is 1.41. The van der Waals surface area contributed by atoms with Gasteiger partial charge in [-0.1, -0.05) is 26.3 Å². The number of carbonyl (C=O) groups excluding carboxylic acids is 1. The van der Waals surface area contributed by atoms with E-state index in [9.17, 15) is 9.18 Å². The van der Waals surface area contributed by atoms with Crippen molar-refractivity contribution in [3.05, 3.63) is 29.6 Å². The number of carbonyl (C=O) groups is 1. The molecule has 0 bridgehead atoms. The molecule has 3 nitrogen and oxygen atoms in total. The minimum absolute atomic E-state index is 0.102. The van der Waals surface area contributed by atoms with Gasteiger partial charge in [-0.3, -0.25) is 4.79 Å². The Hall–Kier alpha value is -1.42. The second-order valence-electron chi connectivity index (χ2n) is 4.36. The van der Waals surface area contributed by atoms with E-state index in [0.29, 0.717) is 11.3 Å². The van der Waals surface area contributed by atoms with Gasteiger partial charge in [0.05, 0.1) is 6.04 Å². The lowest BCUT2D eigenvalue weighted by molar-refractivity contribution is -0.118. The SMILES string of the molecule is CCC(C)C(N)C(=O)Nc1ccc(C)c(F)c1. The third kappa shape index (κ3) is 3.53. The van der Waals surface area contributed by atoms with Crippen molar-refractivity contribution in [1.82, 2.24) is 0 Å². The standard InChI is InChI=1S/C13H19FN2O/c1-4-8(2)12(15)13(17)16-10-6-5-9(3)11(14)7-10/h5-8,12H,4,15H2,1-3H3,(H,16,17). The minimum atomic E-state index is -0.565. The van der Waals surface area contributed by atoms with Gasteiger partial charge in [0.1, 0.15) is 5.82 Å². The van der Waals surface area contributed by atoms with Gasteiger partial charge in [-0.2, -0.15) is 0 Å². The van der Waals surface area contributed by atoms with E-state index in [1.54, 1.807) is 19.1 Å². The van der Waals surface area contributed by atoms with Crippen molar-refractivity contribution in [1.29, 1.82) is 0 Å². The van der Waals surface area contributed by atoms with Crippen LogP contribution in [0.5, 0.6) is 0 Å². The zero-order valence-electron chi connectivity index (χ0n) is 10.5. The average Bonchev–Trinajstić information content (AvgIpc) is 2.31. The number of benzene rings is 1. The van der Waals surface area contributed by atoms with Crippen LogP contribution in [0.15, 0.2) is 18.2 Å². The summed E-state index contributed by atoms with van der Waals surface area (Å²) < 4.78 is 13.3. The Bertz CT molecular complexity index is 406. The predicted octanol–water partition coefficient (Wildman–Crippen LogP) is 2.45. The molecule has 0 saturated carbocycles. The van der Waals surface area contributed by atoms with Crippen LogP contribution in [0.1, 0.15) is 25.8 Å². The predicted molar refractivity (Wildman–Crippen MR) is 67.2 cm³/mol. The molecule has 17 heavy (non-hydrogen) atoms. The van der Waals surface area contributed by atoms with Crippen molar-refractivity contribution in [2.24, 2.45) is 11.7 Å². The third-order valence-corrected chi connectivity index (χ3v) is 3.00. The molecule has 0 aromatic heterocycles. The molecule has 0 radical (unpaired) electrons. The molecule has 2 unspecified atom stereocenters. The van der Waals surface area contributed by atoms with Gasteiger partial charge in [-0.25, -0.2) is 4.39 Å². The Labute approximate surface area is 101 Å². The lowest BCUT2D eigenvalue weighted by atomic mass is 9.99. The van der Waals surface area contributed by atoms with Gasteiger partial charge in [0.15, 0.2) is 0 Å². The van der Waals surface area contributed by atoms with Crippen LogP contribution in [0.2, 0.25) is 0 Å². The maximum absolute atomic E-state index is 13.3. The van der Waals surface area contributed by atoms with Gasteiger partial charge in [-0.05, 0) is 30.5 Å². The Morgan fingerprint density at radius 3 is 2.71 bits per heavy atom. The largest absolute Gasteiger partial charge is 0.325 e. The van der Waals surface area contributed by atoms with E-state index in [1.807, 2.05) is 13.8 Å². The zero-order chi connectivity index (χ0) is 13.0. The van der Waals surface area contributed by atoms with Crippen LogP contribution in [0.3, 0.4) is 0 Å². The number of rotatable bonds is 4. The summed E-state index contributed by atoms with van der Waals surface area (Å²) in [5.41, 5.74) is 6.77. The molecule has 0 heterocycles. The summed E-state index contributed by atoms with van der Waals surface area (Å²) in [6.07, 6.45) is 0.830. The van der Waals surface area contributed by atoms with E-state index in [4.69, 9.17) is 5.73 Å². The lowest BCUT2D eigenvalue weighted by Crippen LogP contribution is -2.40. The third-order valence-electron chi connectivity index (χ3n) is 3.00. The molecule has 1 aromatic carbocycles. The number of anilines is 1. The van der Waals surface area contributed by atoms with E-state index < -0.39 is 6.04 Å². The van der Waals surface area contributed by atoms with Crippen molar-refractivity contribution in [2.45, 2.75) is 33.2 Å². The van der Waals surface area contributed by atoms with Crippen LogP contribution in [-0.4, -0.2) is 11.9 Å². The highest BCUT2D eigenvalue weighted by Gasteiger charge is 2.19. The molecule has 0 saturated heterocycles. The smallest absolute Gasteiger partial charge is 0.241 e. The molecule has 0 aliphatic rings. The highest BCUT2D eigenvalue weighted by molar-refractivity contribution is 5.94. The Kier molecular flexibility index (Phi) is 4.63. The normalized spacial score (nSPS) is 14.2. The highest BCUT2D eigenvalue weighted by Crippen LogP contribution is 2.15. The fourth-order valence-corrected chi connectivity index (χ4v) is 1.41. The number of amides is 1. The molecule has 1 aromatic rings. The van der Waals surface area contributed by atoms with Gasteiger partial charge >= 0.3 is 0 Å². The van der Waals surface area contributed by atoms with Crippen LogP contribution in [-0.2, 0) is 4.79 Å². The van der Waals surface area contributed by atoms with Crippen LogP contribution in [0.4, 0.5) is 10.1 Å². The summed E-state index contributed by atoms with van der Waals surface area (Å²) in [6.45, 7) is 5.56. The van der Waals surface area contributed by atoms with Gasteiger partial charge in [-0.15, -0.1) is 0 Å². The van der Waals surface area contributed by atoms with Gasteiger partial charge in [0.25, 0.3) is 0 Å². The Balaban J connectivity index is 2.71. The molecule has 2 atom stereocenters. The summed E-state index contributed by atoms with van der Waals surface area (Å²) in [5, 5.41) is 2.62. The highest BCUT2D eigenvalue weighted by atomic mass is 19.1. The first kappa shape index (κ1) is 13.6. The summed E-state index contributed by atoms with van der Waals surface area (Å²) in [6, 6.07) is 4.03. The molecular formula is C13H19FN2O.